The highest BCUT2D eigenvalue weighted by molar-refractivity contribution is 7.08. The molecule has 3 nitrogen and oxygen atoms in total. The molecule has 4 heteroatoms. The van der Waals surface area contributed by atoms with Crippen molar-refractivity contribution in [1.82, 2.24) is 4.90 Å². The van der Waals surface area contributed by atoms with Crippen LogP contribution in [0.25, 0.3) is 0 Å². The van der Waals surface area contributed by atoms with Crippen molar-refractivity contribution in [2.45, 2.75) is 32.7 Å². The van der Waals surface area contributed by atoms with Crippen LogP contribution in [0.1, 0.15) is 38.3 Å². The van der Waals surface area contributed by atoms with E-state index in [2.05, 4.69) is 6.92 Å². The molecule has 1 heterocycles. The molecule has 1 rings (SSSR count). The number of unbranched alkanes of at least 4 members (excludes halogenated alkanes) is 1. The van der Waals surface area contributed by atoms with E-state index in [1.54, 1.807) is 11.3 Å². The first-order chi connectivity index (χ1) is 7.70. The van der Waals surface area contributed by atoms with Gasteiger partial charge in [-0.05, 0) is 41.9 Å². The fourth-order valence-electron chi connectivity index (χ4n) is 1.77. The van der Waals surface area contributed by atoms with Crippen molar-refractivity contribution in [1.29, 1.82) is 0 Å². The van der Waals surface area contributed by atoms with Crippen LogP contribution in [0, 0.1) is 0 Å². The van der Waals surface area contributed by atoms with Gasteiger partial charge in [-0.15, -0.1) is 0 Å². The first-order valence-corrected chi connectivity index (χ1v) is 6.63. The zero-order valence-electron chi connectivity index (χ0n) is 9.85. The van der Waals surface area contributed by atoms with Gasteiger partial charge in [-0.1, -0.05) is 20.3 Å². The fourth-order valence-corrected chi connectivity index (χ4v) is 2.45. The van der Waals surface area contributed by atoms with Gasteiger partial charge in [0.25, 0.3) is 0 Å². The zero-order chi connectivity index (χ0) is 12.0. The van der Waals surface area contributed by atoms with Gasteiger partial charge < -0.3 is 5.11 Å². The molecule has 90 valence electrons. The van der Waals surface area contributed by atoms with E-state index in [1.165, 1.54) is 0 Å². The van der Waals surface area contributed by atoms with Crippen molar-refractivity contribution < 1.29 is 9.90 Å². The van der Waals surface area contributed by atoms with Gasteiger partial charge in [0, 0.05) is 0 Å². The maximum Gasteiger partial charge on any atom is 0.325 e. The summed E-state index contributed by atoms with van der Waals surface area (Å²) in [5.74, 6) is -0.753. The van der Waals surface area contributed by atoms with Gasteiger partial charge in [0.15, 0.2) is 0 Å². The Balaban J connectivity index is 2.79. The SMILES string of the molecule is CCCCN(CC)C(C(=O)O)c1ccsc1. The van der Waals surface area contributed by atoms with Crippen molar-refractivity contribution in [3.05, 3.63) is 22.4 Å². The summed E-state index contributed by atoms with van der Waals surface area (Å²) in [7, 11) is 0. The Morgan fingerprint density at radius 3 is 2.75 bits per heavy atom. The Morgan fingerprint density at radius 1 is 1.56 bits per heavy atom. The second-order valence-corrected chi connectivity index (χ2v) is 4.56. The topological polar surface area (TPSA) is 40.5 Å². The molecule has 0 bridgehead atoms. The van der Waals surface area contributed by atoms with Gasteiger partial charge in [-0.2, -0.15) is 11.3 Å². The number of carbonyl (C=O) groups is 1. The minimum absolute atomic E-state index is 0.484. The van der Waals surface area contributed by atoms with E-state index in [0.29, 0.717) is 0 Å². The average Bonchev–Trinajstić information content (AvgIpc) is 2.76. The third kappa shape index (κ3) is 3.32. The summed E-state index contributed by atoms with van der Waals surface area (Å²) in [6.07, 6.45) is 2.13. The molecule has 0 radical (unpaired) electrons. The van der Waals surface area contributed by atoms with Gasteiger partial charge in [0.05, 0.1) is 0 Å². The summed E-state index contributed by atoms with van der Waals surface area (Å²) in [5.41, 5.74) is 0.899. The average molecular weight is 241 g/mol. The second-order valence-electron chi connectivity index (χ2n) is 3.78. The molecule has 0 aliphatic carbocycles. The largest absolute Gasteiger partial charge is 0.480 e. The summed E-state index contributed by atoms with van der Waals surface area (Å²) in [5, 5.41) is 13.2. The standard InChI is InChI=1S/C12H19NO2S/c1-3-5-7-13(4-2)11(12(14)15)10-6-8-16-9-10/h6,8-9,11H,3-5,7H2,1-2H3,(H,14,15). The Bertz CT molecular complexity index is 311. The molecule has 0 amide bonds. The second kappa shape index (κ2) is 6.66. The van der Waals surface area contributed by atoms with Crippen LogP contribution in [0.4, 0.5) is 0 Å². The van der Waals surface area contributed by atoms with Crippen LogP contribution in [-0.4, -0.2) is 29.1 Å². The number of thiophene rings is 1. The smallest absolute Gasteiger partial charge is 0.325 e. The molecule has 1 atom stereocenters. The number of rotatable bonds is 7. The Kier molecular flexibility index (Phi) is 5.49. The van der Waals surface area contributed by atoms with Gasteiger partial charge in [-0.3, -0.25) is 9.69 Å². The Labute approximate surface area is 101 Å². The molecule has 0 saturated carbocycles. The van der Waals surface area contributed by atoms with Crippen molar-refractivity contribution in [2.75, 3.05) is 13.1 Å². The third-order valence-electron chi connectivity index (χ3n) is 2.66. The lowest BCUT2D eigenvalue weighted by molar-refractivity contribution is -0.143. The molecule has 0 aromatic carbocycles. The lowest BCUT2D eigenvalue weighted by Crippen LogP contribution is -2.34. The normalized spacial score (nSPS) is 12.9. The molecule has 1 aromatic rings. The van der Waals surface area contributed by atoms with Crippen LogP contribution in [0.2, 0.25) is 0 Å². The number of carboxylic acid groups (broad SMARTS) is 1. The Morgan fingerprint density at radius 2 is 2.31 bits per heavy atom. The Hall–Kier alpha value is -0.870. The van der Waals surface area contributed by atoms with E-state index in [-0.39, 0.29) is 0 Å². The molecule has 16 heavy (non-hydrogen) atoms. The first kappa shape index (κ1) is 13.2. The number of hydrogen-bond donors (Lipinski definition) is 1. The first-order valence-electron chi connectivity index (χ1n) is 5.69. The van der Waals surface area contributed by atoms with Gasteiger partial charge in [-0.25, -0.2) is 0 Å². The maximum absolute atomic E-state index is 11.3. The van der Waals surface area contributed by atoms with Gasteiger partial charge in [0.2, 0.25) is 0 Å². The van der Waals surface area contributed by atoms with Crippen LogP contribution in [-0.2, 0) is 4.79 Å². The predicted molar refractivity (Wildman–Crippen MR) is 66.9 cm³/mol. The van der Waals surface area contributed by atoms with Crippen LogP contribution in [0.15, 0.2) is 16.8 Å². The lowest BCUT2D eigenvalue weighted by atomic mass is 10.1. The van der Waals surface area contributed by atoms with E-state index < -0.39 is 12.0 Å². The predicted octanol–water partition coefficient (Wildman–Crippen LogP) is 3.00. The highest BCUT2D eigenvalue weighted by atomic mass is 32.1. The quantitative estimate of drug-likeness (QED) is 0.797. The monoisotopic (exact) mass is 241 g/mol. The van der Waals surface area contributed by atoms with E-state index in [1.807, 2.05) is 28.7 Å². The van der Waals surface area contributed by atoms with E-state index in [9.17, 15) is 9.90 Å². The minimum Gasteiger partial charge on any atom is -0.480 e. The van der Waals surface area contributed by atoms with Crippen molar-refractivity contribution in [3.63, 3.8) is 0 Å². The number of likely N-dealkylation sites (N-methyl/N-ethyl adjacent to an activating group) is 1. The van der Waals surface area contributed by atoms with Crippen LogP contribution in [0.5, 0.6) is 0 Å². The van der Waals surface area contributed by atoms with Gasteiger partial charge in [0.1, 0.15) is 6.04 Å². The highest BCUT2D eigenvalue weighted by Gasteiger charge is 2.25. The van der Waals surface area contributed by atoms with Crippen LogP contribution < -0.4 is 0 Å². The van der Waals surface area contributed by atoms with E-state index in [4.69, 9.17) is 0 Å². The summed E-state index contributed by atoms with van der Waals surface area (Å²) in [4.78, 5) is 13.3. The summed E-state index contributed by atoms with van der Waals surface area (Å²) in [6.45, 7) is 5.75. The molecule has 0 saturated heterocycles. The summed E-state index contributed by atoms with van der Waals surface area (Å²) >= 11 is 1.55. The molecule has 1 unspecified atom stereocenters. The number of hydrogen-bond acceptors (Lipinski definition) is 3. The molecule has 1 N–H and O–H groups in total. The van der Waals surface area contributed by atoms with Crippen molar-refractivity contribution in [3.8, 4) is 0 Å². The minimum atomic E-state index is -0.753. The van der Waals surface area contributed by atoms with E-state index in [0.717, 1.165) is 31.5 Å². The molecule has 0 spiro atoms. The van der Waals surface area contributed by atoms with Gasteiger partial charge >= 0.3 is 5.97 Å². The zero-order valence-corrected chi connectivity index (χ0v) is 10.7. The number of nitrogens with zero attached hydrogens (tertiary/aromatic N) is 1. The molecule has 1 aromatic heterocycles. The van der Waals surface area contributed by atoms with E-state index >= 15 is 0 Å². The van der Waals surface area contributed by atoms with Crippen molar-refractivity contribution in [2.24, 2.45) is 0 Å². The fraction of sp³-hybridized carbons (Fsp3) is 0.583. The summed E-state index contributed by atoms with van der Waals surface area (Å²) in [6, 6.07) is 1.42. The molecule has 0 aliphatic heterocycles. The molecule has 0 aliphatic rings. The highest BCUT2D eigenvalue weighted by Crippen LogP contribution is 2.23. The third-order valence-corrected chi connectivity index (χ3v) is 3.36. The lowest BCUT2D eigenvalue weighted by Gasteiger charge is -2.26. The van der Waals surface area contributed by atoms with Crippen LogP contribution >= 0.6 is 11.3 Å². The molecular formula is C12H19NO2S. The summed E-state index contributed by atoms with van der Waals surface area (Å²) < 4.78 is 0. The molecular weight excluding hydrogens is 222 g/mol. The number of aliphatic carboxylic acids is 1. The van der Waals surface area contributed by atoms with Crippen LogP contribution in [0.3, 0.4) is 0 Å². The maximum atomic E-state index is 11.3. The molecule has 0 fully saturated rings. The van der Waals surface area contributed by atoms with Crippen molar-refractivity contribution >= 4 is 17.3 Å². The number of carboxylic acids is 1.